The third kappa shape index (κ3) is 8.63. The van der Waals surface area contributed by atoms with Gasteiger partial charge in [0.05, 0.1) is 32.0 Å². The molecule has 0 atom stereocenters. The summed E-state index contributed by atoms with van der Waals surface area (Å²) in [5.74, 6) is 0.589. The first-order chi connectivity index (χ1) is 11.8. The fraction of sp³-hybridized carbons (Fsp3) is 1.00. The molecule has 1 fully saturated rings. The van der Waals surface area contributed by atoms with Crippen LogP contribution in [0.2, 0.25) is 0 Å². The minimum Gasteiger partial charge on any atom is -0.378 e. The number of hydrogen-bond donors (Lipinski definition) is 0. The second-order valence-corrected chi connectivity index (χ2v) is 16.1. The second kappa shape index (κ2) is 9.77. The third-order valence-electron chi connectivity index (χ3n) is 3.97. The maximum Gasteiger partial charge on any atom is 0.198 e. The predicted molar refractivity (Wildman–Crippen MR) is 105 cm³/mol. The molecule has 26 heavy (non-hydrogen) atoms. The van der Waals surface area contributed by atoms with Crippen molar-refractivity contribution in [1.29, 1.82) is 0 Å². The van der Waals surface area contributed by atoms with Gasteiger partial charge in [0.2, 0.25) is 0 Å². The average Bonchev–Trinajstić information content (AvgIpc) is 2.69. The van der Waals surface area contributed by atoms with Crippen molar-refractivity contribution in [3.63, 3.8) is 0 Å². The van der Waals surface area contributed by atoms with E-state index < -0.39 is 28.8 Å². The van der Waals surface area contributed by atoms with Gasteiger partial charge in [-0.2, -0.15) is 0 Å². The summed E-state index contributed by atoms with van der Waals surface area (Å²) in [6, 6.07) is 0. The van der Waals surface area contributed by atoms with E-state index in [2.05, 4.69) is 0 Å². The normalized spacial score (nSPS) is 20.5. The average molecular weight is 451 g/mol. The molecular weight excluding hydrogens is 422 g/mol. The van der Waals surface area contributed by atoms with Gasteiger partial charge in [-0.3, -0.25) is 0 Å². The van der Waals surface area contributed by atoms with E-state index in [0.717, 1.165) is 39.2 Å². The van der Waals surface area contributed by atoms with Gasteiger partial charge in [0, 0.05) is 29.6 Å². The first-order valence-corrected chi connectivity index (χ1v) is 14.9. The van der Waals surface area contributed by atoms with Crippen LogP contribution in [0.15, 0.2) is 0 Å². The molecule has 1 saturated heterocycles. The summed E-state index contributed by atoms with van der Waals surface area (Å²) in [4.78, 5) is 0. The predicted octanol–water partition coefficient (Wildman–Crippen LogP) is 1.36. The molecule has 8 nitrogen and oxygen atoms in total. The Labute approximate surface area is 164 Å². The van der Waals surface area contributed by atoms with Crippen LogP contribution in [0.4, 0.5) is 0 Å². The van der Waals surface area contributed by atoms with Gasteiger partial charge < -0.3 is 9.47 Å². The molecule has 1 aliphatic heterocycles. The van der Waals surface area contributed by atoms with E-state index in [1.807, 2.05) is 13.8 Å². The second-order valence-electron chi connectivity index (χ2n) is 6.99. The van der Waals surface area contributed by atoms with Crippen molar-refractivity contribution in [2.24, 2.45) is 0 Å². The van der Waals surface area contributed by atoms with Gasteiger partial charge in [-0.05, 0) is 48.3 Å². The van der Waals surface area contributed by atoms with Crippen molar-refractivity contribution in [3.8, 4) is 0 Å². The molecule has 0 N–H and O–H groups in total. The SMILES string of the molecule is CC1(C)CCC(COCCSS(C)(=O)=O)(COCCSS(C)(=O)=O)N1[O]. The van der Waals surface area contributed by atoms with Crippen LogP contribution in [0.1, 0.15) is 26.7 Å². The lowest BCUT2D eigenvalue weighted by molar-refractivity contribution is -0.272. The van der Waals surface area contributed by atoms with Crippen LogP contribution in [-0.2, 0) is 32.4 Å². The number of hydrogen-bond acceptors (Lipinski definition) is 9. The Kier molecular flexibility index (Phi) is 9.20. The quantitative estimate of drug-likeness (QED) is 0.321. The summed E-state index contributed by atoms with van der Waals surface area (Å²) in [5.41, 5.74) is -1.37. The van der Waals surface area contributed by atoms with E-state index >= 15 is 0 Å². The molecule has 0 aromatic rings. The summed E-state index contributed by atoms with van der Waals surface area (Å²) in [6.45, 7) is 4.45. The molecule has 0 bridgehead atoms. The van der Waals surface area contributed by atoms with Crippen LogP contribution in [0.25, 0.3) is 0 Å². The highest BCUT2D eigenvalue weighted by molar-refractivity contribution is 8.72. The minimum atomic E-state index is -3.11. The molecular formula is C14H28NO7S4. The van der Waals surface area contributed by atoms with E-state index in [1.54, 1.807) is 0 Å². The molecule has 0 unspecified atom stereocenters. The Morgan fingerprint density at radius 2 is 1.31 bits per heavy atom. The first-order valence-electron chi connectivity index (χ1n) is 8.09. The van der Waals surface area contributed by atoms with Crippen molar-refractivity contribution < 1.29 is 31.5 Å². The Bertz CT molecular complexity index is 606. The largest absolute Gasteiger partial charge is 0.378 e. The van der Waals surface area contributed by atoms with Gasteiger partial charge in [0.15, 0.2) is 17.7 Å². The van der Waals surface area contributed by atoms with Crippen molar-refractivity contribution in [2.75, 3.05) is 50.4 Å². The maximum atomic E-state index is 12.7. The molecule has 1 rings (SSSR count). The smallest absolute Gasteiger partial charge is 0.198 e. The van der Waals surface area contributed by atoms with Gasteiger partial charge in [0.25, 0.3) is 0 Å². The van der Waals surface area contributed by atoms with Crippen LogP contribution in [-0.4, -0.2) is 83.4 Å². The number of ether oxygens (including phenoxy) is 2. The van der Waals surface area contributed by atoms with Gasteiger partial charge in [-0.15, -0.1) is 10.3 Å². The molecule has 1 aliphatic rings. The zero-order valence-corrected chi connectivity index (χ0v) is 18.9. The van der Waals surface area contributed by atoms with Crippen LogP contribution in [0, 0.1) is 0 Å². The van der Waals surface area contributed by atoms with E-state index in [4.69, 9.17) is 9.47 Å². The van der Waals surface area contributed by atoms with Crippen molar-refractivity contribution >= 4 is 39.3 Å². The first kappa shape index (κ1) is 24.5. The van der Waals surface area contributed by atoms with Gasteiger partial charge in [0.1, 0.15) is 0 Å². The summed E-state index contributed by atoms with van der Waals surface area (Å²) < 4.78 is 55.6. The molecule has 0 saturated carbocycles. The molecule has 1 radical (unpaired) electrons. The Hall–Kier alpha value is 0.440. The molecule has 0 aliphatic carbocycles. The highest BCUT2D eigenvalue weighted by atomic mass is 33.1. The fourth-order valence-electron chi connectivity index (χ4n) is 2.70. The molecule has 0 spiro atoms. The molecule has 0 aromatic carbocycles. The van der Waals surface area contributed by atoms with Gasteiger partial charge in [-0.1, -0.05) is 0 Å². The Balaban J connectivity index is 2.53. The molecule has 1 heterocycles. The van der Waals surface area contributed by atoms with E-state index in [9.17, 15) is 22.0 Å². The standard InChI is InChI=1S/C14H28NO7S4/c1-13(2)5-6-14(15(13)16,11-21-7-9-23-25(3,17)18)12-22-8-10-24-26(4,19)20/h5-12H2,1-4H3. The zero-order valence-electron chi connectivity index (χ0n) is 15.6. The van der Waals surface area contributed by atoms with E-state index in [0.29, 0.717) is 24.3 Å². The highest BCUT2D eigenvalue weighted by Gasteiger charge is 2.51. The summed E-state index contributed by atoms with van der Waals surface area (Å²) in [6.07, 6.45) is 3.57. The lowest BCUT2D eigenvalue weighted by Crippen LogP contribution is -2.54. The third-order valence-corrected chi connectivity index (χ3v) is 9.07. The number of nitrogens with zero attached hydrogens (tertiary/aromatic N) is 1. The number of rotatable bonds is 12. The molecule has 155 valence electrons. The minimum absolute atomic E-state index is 0.142. The van der Waals surface area contributed by atoms with Crippen LogP contribution in [0.3, 0.4) is 0 Å². The number of hydroxylamine groups is 2. The lowest BCUT2D eigenvalue weighted by Gasteiger charge is -2.37. The monoisotopic (exact) mass is 450 g/mol. The van der Waals surface area contributed by atoms with Crippen LogP contribution >= 0.6 is 21.6 Å². The lowest BCUT2D eigenvalue weighted by atomic mass is 9.98. The zero-order chi connectivity index (χ0) is 20.1. The fourth-order valence-corrected chi connectivity index (χ4v) is 5.90. The van der Waals surface area contributed by atoms with Gasteiger partial charge in [-0.25, -0.2) is 16.8 Å². The maximum absolute atomic E-state index is 12.7. The van der Waals surface area contributed by atoms with Crippen LogP contribution < -0.4 is 0 Å². The molecule has 0 amide bonds. The molecule has 0 aromatic heterocycles. The van der Waals surface area contributed by atoms with Gasteiger partial charge >= 0.3 is 0 Å². The van der Waals surface area contributed by atoms with Crippen molar-refractivity contribution in [3.05, 3.63) is 0 Å². The molecule has 12 heteroatoms. The summed E-state index contributed by atoms with van der Waals surface area (Å²) in [7, 11) is -4.61. The Morgan fingerprint density at radius 3 is 1.62 bits per heavy atom. The Morgan fingerprint density at radius 1 is 0.885 bits per heavy atom. The topological polar surface area (TPSA) is 110 Å². The van der Waals surface area contributed by atoms with E-state index in [1.165, 1.54) is 0 Å². The van der Waals surface area contributed by atoms with Crippen molar-refractivity contribution in [2.45, 2.75) is 37.8 Å². The summed E-state index contributed by atoms with van der Waals surface area (Å²) >= 11 is 0. The highest BCUT2D eigenvalue weighted by Crippen LogP contribution is 2.40. The van der Waals surface area contributed by atoms with Crippen molar-refractivity contribution in [1.82, 2.24) is 5.06 Å². The van der Waals surface area contributed by atoms with E-state index in [-0.39, 0.29) is 26.4 Å². The summed E-state index contributed by atoms with van der Waals surface area (Å²) in [5, 5.41) is 13.8. The van der Waals surface area contributed by atoms with Crippen LogP contribution in [0.5, 0.6) is 0 Å².